The SMILES string of the molecule is c1ccc2c(SCCCCCCSc3ncnc4ccccc34)ncnc2c1. The molecule has 0 radical (unpaired) electrons. The van der Waals surface area contributed by atoms with Crippen molar-refractivity contribution in [1.82, 2.24) is 19.9 Å². The molecule has 0 aliphatic carbocycles. The third kappa shape index (κ3) is 4.80. The number of aromatic nitrogens is 4. The molecule has 0 aliphatic rings. The van der Waals surface area contributed by atoms with Crippen molar-refractivity contribution in [3.8, 4) is 0 Å². The number of rotatable bonds is 9. The maximum absolute atomic E-state index is 4.45. The lowest BCUT2D eigenvalue weighted by molar-refractivity contribution is 0.711. The van der Waals surface area contributed by atoms with Crippen LogP contribution < -0.4 is 0 Å². The van der Waals surface area contributed by atoms with Crippen LogP contribution in [0.25, 0.3) is 21.8 Å². The molecule has 2 aromatic heterocycles. The lowest BCUT2D eigenvalue weighted by atomic mass is 10.2. The fourth-order valence-corrected chi connectivity index (χ4v) is 5.07. The van der Waals surface area contributed by atoms with E-state index in [-0.39, 0.29) is 0 Å². The van der Waals surface area contributed by atoms with Crippen LogP contribution in [-0.4, -0.2) is 31.4 Å². The number of unbranched alkanes of at least 4 members (excludes halogenated alkanes) is 3. The molecule has 0 unspecified atom stereocenters. The molecule has 0 amide bonds. The number of fused-ring (bicyclic) bond motifs is 2. The quantitative estimate of drug-likeness (QED) is 0.192. The molecule has 4 rings (SSSR count). The predicted octanol–water partition coefficient (Wildman–Crippen LogP) is 6.02. The van der Waals surface area contributed by atoms with Crippen molar-refractivity contribution in [3.63, 3.8) is 0 Å². The van der Waals surface area contributed by atoms with Crippen LogP contribution in [0.4, 0.5) is 0 Å². The van der Waals surface area contributed by atoms with Crippen LogP contribution in [0.5, 0.6) is 0 Å². The summed E-state index contributed by atoms with van der Waals surface area (Å²) in [4.78, 5) is 17.6. The first-order valence-electron chi connectivity index (χ1n) is 9.57. The standard InChI is InChI=1S/C22H22N4S2/c1(7-13-27-21-17-9-3-5-11-19(17)23-15-25-21)2-8-14-28-22-18-10-4-6-12-20(18)24-16-26-22/h3-6,9-12,15-16H,1-2,7-8,13-14H2. The second-order valence-corrected chi connectivity index (χ2v) is 8.67. The van der Waals surface area contributed by atoms with Gasteiger partial charge in [0, 0.05) is 10.8 Å². The summed E-state index contributed by atoms with van der Waals surface area (Å²) in [5.74, 6) is 2.20. The monoisotopic (exact) mass is 406 g/mol. The van der Waals surface area contributed by atoms with Crippen LogP contribution in [0.15, 0.2) is 71.2 Å². The molecule has 0 atom stereocenters. The summed E-state index contributed by atoms with van der Waals surface area (Å²) in [5, 5.41) is 4.50. The predicted molar refractivity (Wildman–Crippen MR) is 119 cm³/mol. The fourth-order valence-electron chi connectivity index (χ4n) is 3.09. The summed E-state index contributed by atoms with van der Waals surface area (Å²) in [6.07, 6.45) is 8.26. The highest BCUT2D eigenvalue weighted by atomic mass is 32.2. The van der Waals surface area contributed by atoms with E-state index >= 15 is 0 Å². The summed E-state index contributed by atoms with van der Waals surface area (Å²) in [6.45, 7) is 0. The molecule has 0 saturated carbocycles. The number of para-hydroxylation sites is 2. The van der Waals surface area contributed by atoms with Crippen molar-refractivity contribution in [2.45, 2.75) is 35.7 Å². The summed E-state index contributed by atoms with van der Waals surface area (Å²) >= 11 is 3.68. The molecule has 28 heavy (non-hydrogen) atoms. The van der Waals surface area contributed by atoms with Crippen LogP contribution in [0.1, 0.15) is 25.7 Å². The molecule has 142 valence electrons. The third-order valence-electron chi connectivity index (χ3n) is 4.53. The van der Waals surface area contributed by atoms with E-state index in [1.807, 2.05) is 59.9 Å². The van der Waals surface area contributed by atoms with Crippen LogP contribution in [0.2, 0.25) is 0 Å². The Morgan fingerprint density at radius 2 is 1.00 bits per heavy atom. The molecular weight excluding hydrogens is 384 g/mol. The first kappa shape index (κ1) is 19.2. The van der Waals surface area contributed by atoms with Crippen molar-refractivity contribution in [1.29, 1.82) is 0 Å². The molecular formula is C22H22N4S2. The van der Waals surface area contributed by atoms with Gasteiger partial charge in [0.1, 0.15) is 22.7 Å². The van der Waals surface area contributed by atoms with Gasteiger partial charge in [0.05, 0.1) is 11.0 Å². The number of hydrogen-bond acceptors (Lipinski definition) is 6. The molecule has 0 fully saturated rings. The van der Waals surface area contributed by atoms with Crippen molar-refractivity contribution < 1.29 is 0 Å². The summed E-state index contributed by atoms with van der Waals surface area (Å²) < 4.78 is 0. The molecule has 0 N–H and O–H groups in total. The second kappa shape index (κ2) is 9.85. The Balaban J connectivity index is 1.16. The summed E-state index contributed by atoms with van der Waals surface area (Å²) in [7, 11) is 0. The lowest BCUT2D eigenvalue weighted by Gasteiger charge is -2.05. The summed E-state index contributed by atoms with van der Waals surface area (Å²) in [5.41, 5.74) is 2.04. The van der Waals surface area contributed by atoms with Gasteiger partial charge in [0.15, 0.2) is 0 Å². The van der Waals surface area contributed by atoms with Gasteiger partial charge in [-0.3, -0.25) is 0 Å². The maximum atomic E-state index is 4.45. The van der Waals surface area contributed by atoms with E-state index in [4.69, 9.17) is 0 Å². The molecule has 4 aromatic rings. The van der Waals surface area contributed by atoms with E-state index in [0.717, 1.165) is 43.4 Å². The average molecular weight is 407 g/mol. The van der Waals surface area contributed by atoms with Gasteiger partial charge in [-0.1, -0.05) is 49.2 Å². The lowest BCUT2D eigenvalue weighted by Crippen LogP contribution is -1.90. The van der Waals surface area contributed by atoms with Crippen molar-refractivity contribution in [2.75, 3.05) is 11.5 Å². The van der Waals surface area contributed by atoms with Gasteiger partial charge < -0.3 is 0 Å². The zero-order valence-corrected chi connectivity index (χ0v) is 17.3. The Hall–Kier alpha value is -2.18. The first-order chi connectivity index (χ1) is 13.9. The van der Waals surface area contributed by atoms with Gasteiger partial charge in [-0.05, 0) is 36.5 Å². The number of thioether (sulfide) groups is 2. The molecule has 2 aromatic carbocycles. The van der Waals surface area contributed by atoms with E-state index in [0.29, 0.717) is 0 Å². The number of nitrogens with zero attached hydrogens (tertiary/aromatic N) is 4. The smallest absolute Gasteiger partial charge is 0.117 e. The van der Waals surface area contributed by atoms with Gasteiger partial charge in [0.25, 0.3) is 0 Å². The van der Waals surface area contributed by atoms with E-state index < -0.39 is 0 Å². The van der Waals surface area contributed by atoms with Gasteiger partial charge in [-0.25, -0.2) is 19.9 Å². The molecule has 0 spiro atoms. The molecule has 4 nitrogen and oxygen atoms in total. The first-order valence-corrected chi connectivity index (χ1v) is 11.5. The van der Waals surface area contributed by atoms with Crippen molar-refractivity contribution in [3.05, 3.63) is 61.2 Å². The Labute approximate surface area is 173 Å². The molecule has 0 aliphatic heterocycles. The van der Waals surface area contributed by atoms with Crippen LogP contribution in [-0.2, 0) is 0 Å². The molecule has 0 saturated heterocycles. The Morgan fingerprint density at radius 3 is 1.50 bits per heavy atom. The number of hydrogen-bond donors (Lipinski definition) is 0. The Bertz CT molecular complexity index is 959. The average Bonchev–Trinajstić information content (AvgIpc) is 2.76. The van der Waals surface area contributed by atoms with Crippen molar-refractivity contribution >= 4 is 45.3 Å². The van der Waals surface area contributed by atoms with Crippen molar-refractivity contribution in [2.24, 2.45) is 0 Å². The zero-order valence-electron chi connectivity index (χ0n) is 15.6. The summed E-state index contributed by atoms with van der Waals surface area (Å²) in [6, 6.07) is 16.4. The molecule has 6 heteroatoms. The van der Waals surface area contributed by atoms with Crippen LogP contribution in [0, 0.1) is 0 Å². The third-order valence-corrected chi connectivity index (χ3v) is 6.71. The van der Waals surface area contributed by atoms with Gasteiger partial charge in [-0.15, -0.1) is 23.5 Å². The van der Waals surface area contributed by atoms with E-state index in [1.54, 1.807) is 12.7 Å². The highest BCUT2D eigenvalue weighted by Gasteiger charge is 2.05. The van der Waals surface area contributed by atoms with Crippen LogP contribution in [0.3, 0.4) is 0 Å². The van der Waals surface area contributed by atoms with Gasteiger partial charge in [0.2, 0.25) is 0 Å². The zero-order chi connectivity index (χ0) is 19.0. The normalized spacial score (nSPS) is 11.3. The minimum atomic E-state index is 1.02. The molecule has 2 heterocycles. The highest BCUT2D eigenvalue weighted by molar-refractivity contribution is 7.99. The minimum absolute atomic E-state index is 1.02. The maximum Gasteiger partial charge on any atom is 0.117 e. The Kier molecular flexibility index (Phi) is 6.73. The van der Waals surface area contributed by atoms with Gasteiger partial charge >= 0.3 is 0 Å². The van der Waals surface area contributed by atoms with E-state index in [1.165, 1.54) is 25.7 Å². The van der Waals surface area contributed by atoms with E-state index in [9.17, 15) is 0 Å². The van der Waals surface area contributed by atoms with Gasteiger partial charge in [-0.2, -0.15) is 0 Å². The minimum Gasteiger partial charge on any atom is -0.236 e. The fraction of sp³-hybridized carbons (Fsp3) is 0.273. The van der Waals surface area contributed by atoms with E-state index in [2.05, 4.69) is 32.1 Å². The number of benzene rings is 2. The van der Waals surface area contributed by atoms with Crippen LogP contribution >= 0.6 is 23.5 Å². The largest absolute Gasteiger partial charge is 0.236 e. The highest BCUT2D eigenvalue weighted by Crippen LogP contribution is 2.27. The second-order valence-electron chi connectivity index (χ2n) is 6.50. The molecule has 0 bridgehead atoms. The topological polar surface area (TPSA) is 51.6 Å². The Morgan fingerprint density at radius 1 is 0.536 bits per heavy atom.